The van der Waals surface area contributed by atoms with Gasteiger partial charge in [-0.2, -0.15) is 0 Å². The first kappa shape index (κ1) is 16.7. The van der Waals surface area contributed by atoms with Gasteiger partial charge < -0.3 is 10.4 Å². The van der Waals surface area contributed by atoms with E-state index in [-0.39, 0.29) is 18.4 Å². The molecule has 0 aromatic rings. The van der Waals surface area contributed by atoms with E-state index in [9.17, 15) is 4.79 Å². The summed E-state index contributed by atoms with van der Waals surface area (Å²) in [6, 6.07) is -0.360. The Kier molecular flexibility index (Phi) is 6.49. The fraction of sp³-hybridized carbons (Fsp3) is 0.923. The molecule has 1 atom stereocenters. The van der Waals surface area contributed by atoms with E-state index in [4.69, 9.17) is 5.11 Å². The highest BCUT2D eigenvalue weighted by molar-refractivity contribution is 5.85. The predicted octanol–water partition coefficient (Wildman–Crippen LogP) is 2.93. The summed E-state index contributed by atoms with van der Waals surface area (Å²) in [6.45, 7) is 6.85. The fourth-order valence-electron chi connectivity index (χ4n) is 2.88. The van der Waals surface area contributed by atoms with E-state index in [0.29, 0.717) is 11.3 Å². The van der Waals surface area contributed by atoms with Crippen LogP contribution < -0.4 is 5.32 Å². The molecule has 4 heteroatoms. The molecule has 0 saturated heterocycles. The van der Waals surface area contributed by atoms with Crippen LogP contribution in [0.2, 0.25) is 0 Å². The molecule has 0 aromatic carbocycles. The first-order chi connectivity index (χ1) is 7.36. The minimum atomic E-state index is -0.707. The van der Waals surface area contributed by atoms with Gasteiger partial charge in [-0.3, -0.25) is 4.79 Å². The summed E-state index contributed by atoms with van der Waals surface area (Å²) < 4.78 is 0. The number of likely N-dealkylation sites (N-methyl/N-ethyl adjacent to an activating group) is 1. The van der Waals surface area contributed by atoms with Crippen molar-refractivity contribution in [2.24, 2.45) is 17.3 Å². The van der Waals surface area contributed by atoms with Crippen molar-refractivity contribution in [1.29, 1.82) is 0 Å². The van der Waals surface area contributed by atoms with E-state index in [1.807, 2.05) is 0 Å². The standard InChI is InChI=1S/C13H25NO2.ClH/c1-13(2,3)10-7-5-9(6-8-10)11(14-4)12(15)16;/h9-11,14H,5-8H2,1-4H3,(H,15,16);1H/t9?,10?,11-;/m0./s1. The molecule has 1 aliphatic rings. The Balaban J connectivity index is 0.00000256. The molecule has 0 amide bonds. The second-order valence-corrected chi connectivity index (χ2v) is 6.08. The SMILES string of the molecule is CN[C@H](C(=O)O)C1CCC(C(C)(C)C)CC1.Cl. The Morgan fingerprint density at radius 2 is 1.71 bits per heavy atom. The predicted molar refractivity (Wildman–Crippen MR) is 72.6 cm³/mol. The second-order valence-electron chi connectivity index (χ2n) is 6.08. The monoisotopic (exact) mass is 263 g/mol. The lowest BCUT2D eigenvalue weighted by atomic mass is 9.68. The summed E-state index contributed by atoms with van der Waals surface area (Å²) in [7, 11) is 1.74. The minimum absolute atomic E-state index is 0. The summed E-state index contributed by atoms with van der Waals surface area (Å²) in [4.78, 5) is 11.0. The van der Waals surface area contributed by atoms with Crippen molar-refractivity contribution in [2.75, 3.05) is 7.05 Å². The molecule has 17 heavy (non-hydrogen) atoms. The smallest absolute Gasteiger partial charge is 0.320 e. The summed E-state index contributed by atoms with van der Waals surface area (Å²) in [5.74, 6) is 0.345. The normalized spacial score (nSPS) is 27.1. The molecule has 1 rings (SSSR count). The molecule has 0 aromatic heterocycles. The first-order valence-electron chi connectivity index (χ1n) is 6.26. The van der Waals surface area contributed by atoms with Crippen molar-refractivity contribution in [1.82, 2.24) is 5.32 Å². The van der Waals surface area contributed by atoms with Crippen LogP contribution in [0.15, 0.2) is 0 Å². The fourth-order valence-corrected chi connectivity index (χ4v) is 2.88. The van der Waals surface area contributed by atoms with Gasteiger partial charge in [-0.15, -0.1) is 12.4 Å². The molecule has 3 nitrogen and oxygen atoms in total. The number of hydrogen-bond donors (Lipinski definition) is 2. The average molecular weight is 264 g/mol. The summed E-state index contributed by atoms with van der Waals surface area (Å²) in [5, 5.41) is 12.0. The van der Waals surface area contributed by atoms with Gasteiger partial charge in [0.2, 0.25) is 0 Å². The number of halogens is 1. The maximum absolute atomic E-state index is 11.0. The van der Waals surface area contributed by atoms with Gasteiger partial charge in [0.05, 0.1) is 0 Å². The van der Waals surface area contributed by atoms with Gasteiger partial charge in [0, 0.05) is 0 Å². The number of hydrogen-bond acceptors (Lipinski definition) is 2. The van der Waals surface area contributed by atoms with E-state index in [1.54, 1.807) is 7.05 Å². The van der Waals surface area contributed by atoms with Gasteiger partial charge in [0.15, 0.2) is 0 Å². The van der Waals surface area contributed by atoms with Crippen molar-refractivity contribution < 1.29 is 9.90 Å². The number of rotatable bonds is 3. The Bertz CT molecular complexity index is 242. The zero-order chi connectivity index (χ0) is 12.3. The lowest BCUT2D eigenvalue weighted by Crippen LogP contribution is -2.43. The lowest BCUT2D eigenvalue weighted by Gasteiger charge is -2.38. The molecular weight excluding hydrogens is 238 g/mol. The highest BCUT2D eigenvalue weighted by atomic mass is 35.5. The molecule has 0 aliphatic heterocycles. The zero-order valence-electron chi connectivity index (χ0n) is 11.3. The molecule has 2 N–H and O–H groups in total. The van der Waals surface area contributed by atoms with Crippen LogP contribution in [0.4, 0.5) is 0 Å². The Labute approximate surface area is 111 Å². The minimum Gasteiger partial charge on any atom is -0.480 e. The van der Waals surface area contributed by atoms with E-state index >= 15 is 0 Å². The third kappa shape index (κ3) is 4.47. The van der Waals surface area contributed by atoms with Gasteiger partial charge in [0.1, 0.15) is 6.04 Å². The number of carbonyl (C=O) groups is 1. The van der Waals surface area contributed by atoms with Crippen LogP contribution >= 0.6 is 12.4 Å². The van der Waals surface area contributed by atoms with E-state index in [1.165, 1.54) is 12.8 Å². The molecule has 1 aliphatic carbocycles. The molecule has 0 radical (unpaired) electrons. The summed E-state index contributed by atoms with van der Waals surface area (Å²) >= 11 is 0. The molecule has 102 valence electrons. The average Bonchev–Trinajstić information content (AvgIpc) is 2.17. The second kappa shape index (κ2) is 6.60. The van der Waals surface area contributed by atoms with Crippen molar-refractivity contribution in [2.45, 2.75) is 52.5 Å². The topological polar surface area (TPSA) is 49.3 Å². The van der Waals surface area contributed by atoms with E-state index in [0.717, 1.165) is 18.8 Å². The van der Waals surface area contributed by atoms with Crippen LogP contribution in [0, 0.1) is 17.3 Å². The van der Waals surface area contributed by atoms with Crippen LogP contribution in [0.5, 0.6) is 0 Å². The summed E-state index contributed by atoms with van der Waals surface area (Å²) in [6.07, 6.45) is 4.42. The van der Waals surface area contributed by atoms with Crippen LogP contribution in [-0.4, -0.2) is 24.2 Å². The Morgan fingerprint density at radius 3 is 2.00 bits per heavy atom. The number of nitrogens with one attached hydrogen (secondary N) is 1. The molecule has 0 unspecified atom stereocenters. The van der Waals surface area contributed by atoms with Gasteiger partial charge in [-0.05, 0) is 50.0 Å². The van der Waals surface area contributed by atoms with E-state index in [2.05, 4.69) is 26.1 Å². The largest absolute Gasteiger partial charge is 0.480 e. The number of aliphatic carboxylic acids is 1. The van der Waals surface area contributed by atoms with Crippen molar-refractivity contribution in [3.8, 4) is 0 Å². The lowest BCUT2D eigenvalue weighted by molar-refractivity contribution is -0.141. The van der Waals surface area contributed by atoms with E-state index < -0.39 is 5.97 Å². The molecule has 1 saturated carbocycles. The first-order valence-corrected chi connectivity index (χ1v) is 6.26. The molecule has 0 bridgehead atoms. The van der Waals surface area contributed by atoms with Gasteiger partial charge >= 0.3 is 5.97 Å². The highest BCUT2D eigenvalue weighted by Crippen LogP contribution is 2.40. The third-order valence-corrected chi connectivity index (χ3v) is 4.05. The van der Waals surface area contributed by atoms with Crippen LogP contribution in [0.3, 0.4) is 0 Å². The molecular formula is C13H26ClNO2. The van der Waals surface area contributed by atoms with Crippen molar-refractivity contribution in [3.05, 3.63) is 0 Å². The van der Waals surface area contributed by atoms with Gasteiger partial charge in [-0.25, -0.2) is 0 Å². The van der Waals surface area contributed by atoms with Gasteiger partial charge in [0.25, 0.3) is 0 Å². The Hall–Kier alpha value is -0.280. The van der Waals surface area contributed by atoms with Gasteiger partial charge in [-0.1, -0.05) is 20.8 Å². The van der Waals surface area contributed by atoms with Crippen LogP contribution in [0.25, 0.3) is 0 Å². The highest BCUT2D eigenvalue weighted by Gasteiger charge is 2.34. The van der Waals surface area contributed by atoms with Crippen LogP contribution in [0.1, 0.15) is 46.5 Å². The number of carboxylic acid groups (broad SMARTS) is 1. The summed E-state index contributed by atoms with van der Waals surface area (Å²) in [5.41, 5.74) is 0.364. The maximum atomic E-state index is 11.0. The quantitative estimate of drug-likeness (QED) is 0.823. The van der Waals surface area contributed by atoms with Crippen molar-refractivity contribution >= 4 is 18.4 Å². The number of carboxylic acids is 1. The molecule has 0 heterocycles. The maximum Gasteiger partial charge on any atom is 0.320 e. The third-order valence-electron chi connectivity index (χ3n) is 4.05. The molecule has 0 spiro atoms. The Morgan fingerprint density at radius 1 is 1.24 bits per heavy atom. The zero-order valence-corrected chi connectivity index (χ0v) is 12.1. The molecule has 1 fully saturated rings. The van der Waals surface area contributed by atoms with Crippen LogP contribution in [-0.2, 0) is 4.79 Å². The van der Waals surface area contributed by atoms with Crippen molar-refractivity contribution in [3.63, 3.8) is 0 Å².